The molecule has 0 spiro atoms. The maximum atomic E-state index is 5.70. The second-order valence-corrected chi connectivity index (χ2v) is 6.18. The summed E-state index contributed by atoms with van der Waals surface area (Å²) in [5.74, 6) is 1.64. The number of hydrogen-bond acceptors (Lipinski definition) is 4. The molecule has 1 aromatic heterocycles. The molecule has 0 amide bonds. The van der Waals surface area contributed by atoms with Crippen LogP contribution in [0.1, 0.15) is 17.8 Å². The SMILES string of the molecule is COCCCOCCc1nc(-c2cccc(C)c2)nn1-c1ccccc1. The monoisotopic (exact) mass is 351 g/mol. The van der Waals surface area contributed by atoms with Crippen molar-refractivity contribution in [3.05, 3.63) is 66.0 Å². The Kier molecular flexibility index (Phi) is 6.52. The molecule has 0 N–H and O–H groups in total. The van der Waals surface area contributed by atoms with Crippen molar-refractivity contribution in [3.8, 4) is 17.1 Å². The molecule has 0 bridgehead atoms. The molecular formula is C21H25N3O2. The molecule has 0 fully saturated rings. The number of rotatable bonds is 9. The van der Waals surface area contributed by atoms with E-state index in [2.05, 4.69) is 19.1 Å². The maximum Gasteiger partial charge on any atom is 0.181 e. The predicted octanol–water partition coefficient (Wildman–Crippen LogP) is 3.84. The largest absolute Gasteiger partial charge is 0.385 e. The van der Waals surface area contributed by atoms with Gasteiger partial charge in [-0.3, -0.25) is 0 Å². The third kappa shape index (κ3) is 4.77. The van der Waals surface area contributed by atoms with Crippen molar-refractivity contribution in [2.24, 2.45) is 0 Å². The van der Waals surface area contributed by atoms with E-state index in [0.717, 1.165) is 35.9 Å². The minimum atomic E-state index is 0.614. The summed E-state index contributed by atoms with van der Waals surface area (Å²) in [6, 6.07) is 18.4. The van der Waals surface area contributed by atoms with Crippen LogP contribution in [0.4, 0.5) is 0 Å². The molecule has 2 aromatic carbocycles. The highest BCUT2D eigenvalue weighted by atomic mass is 16.5. The quantitative estimate of drug-likeness (QED) is 0.550. The molecule has 5 heteroatoms. The van der Waals surface area contributed by atoms with Gasteiger partial charge in [0.15, 0.2) is 5.82 Å². The van der Waals surface area contributed by atoms with Gasteiger partial charge in [-0.1, -0.05) is 42.0 Å². The normalized spacial score (nSPS) is 11.0. The van der Waals surface area contributed by atoms with E-state index in [0.29, 0.717) is 19.6 Å². The minimum Gasteiger partial charge on any atom is -0.385 e. The number of ether oxygens (including phenoxy) is 2. The molecular weight excluding hydrogens is 326 g/mol. The van der Waals surface area contributed by atoms with Gasteiger partial charge >= 0.3 is 0 Å². The first kappa shape index (κ1) is 18.3. The summed E-state index contributed by atoms with van der Waals surface area (Å²) in [4.78, 5) is 4.78. The zero-order valence-corrected chi connectivity index (χ0v) is 15.4. The van der Waals surface area contributed by atoms with E-state index in [1.165, 1.54) is 5.56 Å². The number of nitrogens with zero attached hydrogens (tertiary/aromatic N) is 3. The zero-order valence-electron chi connectivity index (χ0n) is 15.4. The van der Waals surface area contributed by atoms with Crippen LogP contribution < -0.4 is 0 Å². The van der Waals surface area contributed by atoms with Crippen LogP contribution in [0.25, 0.3) is 17.1 Å². The van der Waals surface area contributed by atoms with Crippen molar-refractivity contribution in [1.29, 1.82) is 0 Å². The zero-order chi connectivity index (χ0) is 18.2. The Labute approximate surface area is 154 Å². The number of aromatic nitrogens is 3. The van der Waals surface area contributed by atoms with E-state index in [4.69, 9.17) is 19.6 Å². The van der Waals surface area contributed by atoms with E-state index in [9.17, 15) is 0 Å². The predicted molar refractivity (Wildman–Crippen MR) is 103 cm³/mol. The summed E-state index contributed by atoms with van der Waals surface area (Å²) in [5.41, 5.74) is 3.23. The Balaban J connectivity index is 1.79. The molecule has 1 heterocycles. The fourth-order valence-electron chi connectivity index (χ4n) is 2.76. The summed E-state index contributed by atoms with van der Waals surface area (Å²) in [5, 5.41) is 4.75. The minimum absolute atomic E-state index is 0.614. The Morgan fingerprint density at radius 3 is 2.58 bits per heavy atom. The van der Waals surface area contributed by atoms with Gasteiger partial charge in [-0.15, -0.1) is 5.10 Å². The van der Waals surface area contributed by atoms with Crippen LogP contribution >= 0.6 is 0 Å². The summed E-state index contributed by atoms with van der Waals surface area (Å²) in [6.45, 7) is 4.10. The van der Waals surface area contributed by atoms with Crippen LogP contribution in [0.3, 0.4) is 0 Å². The van der Waals surface area contributed by atoms with Crippen LogP contribution in [0.5, 0.6) is 0 Å². The van der Waals surface area contributed by atoms with Crippen LogP contribution in [-0.4, -0.2) is 41.7 Å². The van der Waals surface area contributed by atoms with Crippen molar-refractivity contribution in [3.63, 3.8) is 0 Å². The average molecular weight is 351 g/mol. The van der Waals surface area contributed by atoms with Gasteiger partial charge < -0.3 is 9.47 Å². The highest BCUT2D eigenvalue weighted by Gasteiger charge is 2.13. The van der Waals surface area contributed by atoms with Crippen LogP contribution in [0.15, 0.2) is 54.6 Å². The van der Waals surface area contributed by atoms with Gasteiger partial charge in [0.2, 0.25) is 0 Å². The number of benzene rings is 2. The van der Waals surface area contributed by atoms with E-state index >= 15 is 0 Å². The molecule has 26 heavy (non-hydrogen) atoms. The molecule has 3 aromatic rings. The Hall–Kier alpha value is -2.50. The molecule has 0 saturated heterocycles. The maximum absolute atomic E-state index is 5.70. The van der Waals surface area contributed by atoms with Crippen molar-refractivity contribution < 1.29 is 9.47 Å². The van der Waals surface area contributed by atoms with Gasteiger partial charge in [-0.25, -0.2) is 9.67 Å². The molecule has 0 aliphatic carbocycles. The Bertz CT molecular complexity index is 815. The highest BCUT2D eigenvalue weighted by Crippen LogP contribution is 2.19. The molecule has 0 saturated carbocycles. The van der Waals surface area contributed by atoms with Crippen LogP contribution in [0.2, 0.25) is 0 Å². The van der Waals surface area contributed by atoms with Gasteiger partial charge in [0.1, 0.15) is 5.82 Å². The number of aryl methyl sites for hydroxylation is 1. The first-order chi connectivity index (χ1) is 12.8. The van der Waals surface area contributed by atoms with Gasteiger partial charge in [0, 0.05) is 32.3 Å². The summed E-state index contributed by atoms with van der Waals surface area (Å²) < 4.78 is 12.7. The second kappa shape index (κ2) is 9.27. The van der Waals surface area contributed by atoms with Gasteiger partial charge in [0.05, 0.1) is 12.3 Å². The van der Waals surface area contributed by atoms with Crippen molar-refractivity contribution in [1.82, 2.24) is 14.8 Å². The standard InChI is InChI=1S/C21H25N3O2/c1-17-8-6-9-18(16-17)21-22-20(12-15-26-14-7-13-25-2)24(23-21)19-10-4-3-5-11-19/h3-6,8-11,16H,7,12-15H2,1-2H3. The summed E-state index contributed by atoms with van der Waals surface area (Å²) in [7, 11) is 1.70. The number of hydrogen-bond donors (Lipinski definition) is 0. The van der Waals surface area contributed by atoms with Gasteiger partial charge in [0.25, 0.3) is 0 Å². The lowest BCUT2D eigenvalue weighted by molar-refractivity contribution is 0.104. The van der Waals surface area contributed by atoms with Crippen molar-refractivity contribution in [2.45, 2.75) is 19.8 Å². The fourth-order valence-corrected chi connectivity index (χ4v) is 2.76. The van der Waals surface area contributed by atoms with E-state index in [-0.39, 0.29) is 0 Å². The average Bonchev–Trinajstić information content (AvgIpc) is 3.09. The fraction of sp³-hybridized carbons (Fsp3) is 0.333. The Morgan fingerprint density at radius 2 is 1.81 bits per heavy atom. The molecule has 0 atom stereocenters. The molecule has 0 unspecified atom stereocenters. The van der Waals surface area contributed by atoms with Crippen LogP contribution in [-0.2, 0) is 15.9 Å². The lowest BCUT2D eigenvalue weighted by Crippen LogP contribution is -2.08. The summed E-state index contributed by atoms with van der Waals surface area (Å²) in [6.07, 6.45) is 1.61. The molecule has 0 radical (unpaired) electrons. The lowest BCUT2D eigenvalue weighted by Gasteiger charge is -2.06. The van der Waals surface area contributed by atoms with E-state index in [1.807, 2.05) is 47.1 Å². The smallest absolute Gasteiger partial charge is 0.181 e. The number of methoxy groups -OCH3 is 1. The number of para-hydroxylation sites is 1. The highest BCUT2D eigenvalue weighted by molar-refractivity contribution is 5.56. The molecule has 3 rings (SSSR count). The molecule has 5 nitrogen and oxygen atoms in total. The van der Waals surface area contributed by atoms with E-state index in [1.54, 1.807) is 7.11 Å². The molecule has 0 aliphatic rings. The topological polar surface area (TPSA) is 49.2 Å². The first-order valence-corrected chi connectivity index (χ1v) is 8.93. The second-order valence-electron chi connectivity index (χ2n) is 6.18. The third-order valence-corrected chi connectivity index (χ3v) is 4.06. The molecule has 136 valence electrons. The third-order valence-electron chi connectivity index (χ3n) is 4.06. The van der Waals surface area contributed by atoms with E-state index < -0.39 is 0 Å². The molecule has 0 aliphatic heterocycles. The van der Waals surface area contributed by atoms with Gasteiger partial charge in [-0.05, 0) is 31.5 Å². The van der Waals surface area contributed by atoms with Crippen molar-refractivity contribution in [2.75, 3.05) is 26.9 Å². The van der Waals surface area contributed by atoms with Crippen LogP contribution in [0, 0.1) is 6.92 Å². The summed E-state index contributed by atoms with van der Waals surface area (Å²) >= 11 is 0. The van der Waals surface area contributed by atoms with Gasteiger partial charge in [-0.2, -0.15) is 0 Å². The van der Waals surface area contributed by atoms with Crippen molar-refractivity contribution >= 4 is 0 Å². The Morgan fingerprint density at radius 1 is 0.962 bits per heavy atom. The first-order valence-electron chi connectivity index (χ1n) is 8.93. The lowest BCUT2D eigenvalue weighted by atomic mass is 10.1.